The smallest absolute Gasteiger partial charge is 0.317 e. The van der Waals surface area contributed by atoms with Crippen molar-refractivity contribution in [2.75, 3.05) is 39.3 Å². The molecule has 0 spiro atoms. The van der Waals surface area contributed by atoms with Gasteiger partial charge >= 0.3 is 5.97 Å². The maximum Gasteiger partial charge on any atom is 0.317 e. The fraction of sp³-hybridized carbons (Fsp3) is 0.333. The van der Waals surface area contributed by atoms with Gasteiger partial charge in [0.2, 0.25) is 5.91 Å². The van der Waals surface area contributed by atoms with Crippen LogP contribution in [-0.2, 0) is 9.59 Å². The zero-order valence-corrected chi connectivity index (χ0v) is 23.0. The first-order valence-electron chi connectivity index (χ1n) is 13.2. The third-order valence-electron chi connectivity index (χ3n) is 6.42. The minimum Gasteiger partial charge on any atom is -0.480 e. The van der Waals surface area contributed by atoms with Crippen molar-refractivity contribution in [2.24, 2.45) is 32.9 Å². The molecule has 0 saturated carbocycles. The second-order valence-corrected chi connectivity index (χ2v) is 9.62. The fourth-order valence-corrected chi connectivity index (χ4v) is 4.50. The molecule has 0 radical (unpaired) electrons. The van der Waals surface area contributed by atoms with Gasteiger partial charge in [-0.2, -0.15) is 0 Å². The number of nitrogens with one attached hydrogen (secondary N) is 2. The molecule has 1 atom stereocenters. The normalized spacial score (nSPS) is 14.9. The molecule has 15 nitrogen and oxygen atoms in total. The molecule has 15 heteroatoms. The third-order valence-corrected chi connectivity index (χ3v) is 6.42. The Kier molecular flexibility index (Phi) is 11.2. The zero-order valence-electron chi connectivity index (χ0n) is 23.0. The number of hydrogen-bond donors (Lipinski definition) is 7. The standard InChI is InChI=1S/C27H36N10O5/c28-26(29)34-19-7-3-17(4-8-19)24(41)32-11-1-2-21-15-36(16-23(39)40)12-13-37(21)22(38)14-33-25(42)18-5-9-20(10-6-18)35-27(30)31/h3-10,21H,1-2,11-16H2,(H,32,41)(H,33,42)(H,39,40)(H4,28,29,34)(H4,30,31,35)/t21-/m0/s1. The third kappa shape index (κ3) is 9.78. The van der Waals surface area contributed by atoms with Crippen LogP contribution in [0.1, 0.15) is 33.6 Å². The molecule has 0 aliphatic carbocycles. The second-order valence-electron chi connectivity index (χ2n) is 9.62. The number of benzene rings is 2. The molecule has 11 N–H and O–H groups in total. The molecule has 1 aliphatic heterocycles. The molecule has 224 valence electrons. The van der Waals surface area contributed by atoms with E-state index in [1.807, 2.05) is 0 Å². The highest BCUT2D eigenvalue weighted by Crippen LogP contribution is 2.16. The number of aliphatic carboxylic acids is 1. The Morgan fingerprint density at radius 1 is 0.810 bits per heavy atom. The van der Waals surface area contributed by atoms with Crippen molar-refractivity contribution in [3.63, 3.8) is 0 Å². The van der Waals surface area contributed by atoms with Gasteiger partial charge in [0, 0.05) is 43.3 Å². The van der Waals surface area contributed by atoms with E-state index in [-0.39, 0.29) is 42.9 Å². The SMILES string of the molecule is NC(N)=Nc1ccc(C(=O)NCCC[C@H]2CN(CC(=O)O)CCN2C(=O)CNC(=O)c2ccc(N=C(N)N)cc2)cc1. The van der Waals surface area contributed by atoms with Crippen LogP contribution >= 0.6 is 0 Å². The number of carboxylic acid groups (broad SMARTS) is 1. The van der Waals surface area contributed by atoms with Gasteiger partial charge in [-0.3, -0.25) is 24.1 Å². The summed E-state index contributed by atoms with van der Waals surface area (Å²) in [6.45, 7) is 1.04. The number of hydrogen-bond acceptors (Lipinski definition) is 7. The van der Waals surface area contributed by atoms with Gasteiger partial charge in [0.1, 0.15) is 0 Å². The highest BCUT2D eigenvalue weighted by molar-refractivity contribution is 5.97. The Hall–Kier alpha value is -5.18. The summed E-state index contributed by atoms with van der Waals surface area (Å²) in [5.74, 6) is -2.13. The molecule has 1 fully saturated rings. The van der Waals surface area contributed by atoms with E-state index in [4.69, 9.17) is 22.9 Å². The van der Waals surface area contributed by atoms with E-state index in [1.165, 1.54) is 0 Å². The van der Waals surface area contributed by atoms with Crippen molar-refractivity contribution in [1.82, 2.24) is 20.4 Å². The van der Waals surface area contributed by atoms with Crippen LogP contribution in [0, 0.1) is 0 Å². The fourth-order valence-electron chi connectivity index (χ4n) is 4.50. The Morgan fingerprint density at radius 2 is 1.33 bits per heavy atom. The van der Waals surface area contributed by atoms with Crippen molar-refractivity contribution >= 4 is 47.0 Å². The highest BCUT2D eigenvalue weighted by Gasteiger charge is 2.31. The number of carbonyl (C=O) groups excluding carboxylic acids is 3. The lowest BCUT2D eigenvalue weighted by molar-refractivity contribution is -0.140. The minimum absolute atomic E-state index is 0.0815. The van der Waals surface area contributed by atoms with E-state index in [0.717, 1.165) is 0 Å². The Morgan fingerprint density at radius 3 is 1.83 bits per heavy atom. The number of nitrogens with zero attached hydrogens (tertiary/aromatic N) is 4. The predicted molar refractivity (Wildman–Crippen MR) is 157 cm³/mol. The van der Waals surface area contributed by atoms with Gasteiger partial charge in [-0.1, -0.05) is 0 Å². The molecule has 1 heterocycles. The molecular weight excluding hydrogens is 544 g/mol. The first-order valence-corrected chi connectivity index (χ1v) is 13.2. The second kappa shape index (κ2) is 15.0. The first kappa shape index (κ1) is 31.3. The lowest BCUT2D eigenvalue weighted by Gasteiger charge is -2.41. The number of guanidine groups is 2. The van der Waals surface area contributed by atoms with E-state index in [9.17, 15) is 24.3 Å². The van der Waals surface area contributed by atoms with Crippen molar-refractivity contribution in [1.29, 1.82) is 0 Å². The van der Waals surface area contributed by atoms with Crippen molar-refractivity contribution in [2.45, 2.75) is 18.9 Å². The Balaban J connectivity index is 1.54. The number of amides is 3. The van der Waals surface area contributed by atoms with Gasteiger partial charge in [0.15, 0.2) is 11.9 Å². The zero-order chi connectivity index (χ0) is 30.6. The molecule has 3 rings (SSSR count). The summed E-state index contributed by atoms with van der Waals surface area (Å²) in [6.07, 6.45) is 1.06. The number of carbonyl (C=O) groups is 4. The van der Waals surface area contributed by atoms with Crippen LogP contribution in [0.15, 0.2) is 58.5 Å². The Bertz CT molecular complexity index is 1320. The molecule has 0 unspecified atom stereocenters. The van der Waals surface area contributed by atoms with Gasteiger partial charge < -0.3 is 43.6 Å². The van der Waals surface area contributed by atoms with Crippen molar-refractivity contribution < 1.29 is 24.3 Å². The number of aliphatic imine (C=N–C) groups is 2. The van der Waals surface area contributed by atoms with Crippen molar-refractivity contribution in [3.05, 3.63) is 59.7 Å². The molecule has 0 bridgehead atoms. The summed E-state index contributed by atoms with van der Waals surface area (Å²) in [7, 11) is 0. The van der Waals surface area contributed by atoms with Gasteiger partial charge in [-0.25, -0.2) is 9.98 Å². The lowest BCUT2D eigenvalue weighted by Crippen LogP contribution is -2.57. The van der Waals surface area contributed by atoms with Gasteiger partial charge in [-0.15, -0.1) is 0 Å². The van der Waals surface area contributed by atoms with Gasteiger partial charge in [0.05, 0.1) is 24.5 Å². The maximum atomic E-state index is 13.1. The molecule has 2 aromatic carbocycles. The van der Waals surface area contributed by atoms with Crippen molar-refractivity contribution in [3.8, 4) is 0 Å². The molecule has 0 aromatic heterocycles. The lowest BCUT2D eigenvalue weighted by atomic mass is 10.1. The van der Waals surface area contributed by atoms with Crippen LogP contribution in [0.25, 0.3) is 0 Å². The van der Waals surface area contributed by atoms with E-state index in [1.54, 1.807) is 58.3 Å². The summed E-state index contributed by atoms with van der Waals surface area (Å²) in [5.41, 5.74) is 23.2. The van der Waals surface area contributed by atoms with Crippen LogP contribution in [0.5, 0.6) is 0 Å². The quantitative estimate of drug-likeness (QED) is 0.0919. The molecule has 3 amide bonds. The summed E-state index contributed by atoms with van der Waals surface area (Å²) in [6, 6.07) is 12.4. The molecule has 1 saturated heterocycles. The predicted octanol–water partition coefficient (Wildman–Crippen LogP) is -0.966. The molecule has 1 aliphatic rings. The van der Waals surface area contributed by atoms with Crippen LogP contribution in [-0.4, -0.2) is 95.8 Å². The number of rotatable bonds is 12. The summed E-state index contributed by atoms with van der Waals surface area (Å²) in [5, 5.41) is 14.7. The van der Waals surface area contributed by atoms with Crippen LogP contribution in [0.4, 0.5) is 11.4 Å². The minimum atomic E-state index is -0.954. The van der Waals surface area contributed by atoms with E-state index in [2.05, 4.69) is 20.6 Å². The van der Waals surface area contributed by atoms with E-state index >= 15 is 0 Å². The molecular formula is C27H36N10O5. The molecule has 2 aromatic rings. The van der Waals surface area contributed by atoms with Gasteiger partial charge in [-0.05, 0) is 61.4 Å². The monoisotopic (exact) mass is 580 g/mol. The summed E-state index contributed by atoms with van der Waals surface area (Å²) < 4.78 is 0. The number of nitrogens with two attached hydrogens (primary N) is 4. The average molecular weight is 581 g/mol. The van der Waals surface area contributed by atoms with Crippen LogP contribution < -0.4 is 33.6 Å². The van der Waals surface area contributed by atoms with Gasteiger partial charge in [0.25, 0.3) is 11.8 Å². The summed E-state index contributed by atoms with van der Waals surface area (Å²) in [4.78, 5) is 60.7. The van der Waals surface area contributed by atoms with E-state index in [0.29, 0.717) is 61.5 Å². The Labute approximate surface area is 242 Å². The van der Waals surface area contributed by atoms with Crippen LogP contribution in [0.3, 0.4) is 0 Å². The molecule has 42 heavy (non-hydrogen) atoms. The average Bonchev–Trinajstić information content (AvgIpc) is 2.93. The largest absolute Gasteiger partial charge is 0.480 e. The number of carboxylic acids is 1. The van der Waals surface area contributed by atoms with Crippen LogP contribution in [0.2, 0.25) is 0 Å². The number of piperazine rings is 1. The highest BCUT2D eigenvalue weighted by atomic mass is 16.4. The maximum absolute atomic E-state index is 13.1. The van der Waals surface area contributed by atoms with E-state index < -0.39 is 11.9 Å². The topological polar surface area (TPSA) is 248 Å². The summed E-state index contributed by atoms with van der Waals surface area (Å²) >= 11 is 0. The first-order chi connectivity index (χ1) is 20.0.